The molecule has 27 heavy (non-hydrogen) atoms. The summed E-state index contributed by atoms with van der Waals surface area (Å²) in [6.07, 6.45) is 0. The fourth-order valence-corrected chi connectivity index (χ4v) is 3.45. The molecule has 0 aliphatic rings. The van der Waals surface area contributed by atoms with Crippen LogP contribution in [0.15, 0.2) is 47.3 Å². The van der Waals surface area contributed by atoms with Crippen LogP contribution in [-0.4, -0.2) is 14.5 Å². The predicted molar refractivity (Wildman–Crippen MR) is 102 cm³/mol. The van der Waals surface area contributed by atoms with Crippen molar-refractivity contribution < 1.29 is 8.78 Å². The molecule has 4 rings (SSSR count). The van der Waals surface area contributed by atoms with Gasteiger partial charge in [-0.15, -0.1) is 0 Å². The highest BCUT2D eigenvalue weighted by Crippen LogP contribution is 2.29. The lowest BCUT2D eigenvalue weighted by molar-refractivity contribution is 0.513. The summed E-state index contributed by atoms with van der Waals surface area (Å²) in [5.74, 6) is -1.17. The van der Waals surface area contributed by atoms with Crippen molar-refractivity contribution in [2.45, 2.75) is 32.7 Å². The number of fused-ring (bicyclic) bond motifs is 2. The number of hydrogen-bond donors (Lipinski definition) is 1. The molecule has 0 bridgehead atoms. The molecule has 0 atom stereocenters. The Bertz CT molecular complexity index is 1230. The highest BCUT2D eigenvalue weighted by molar-refractivity contribution is 5.83. The molecular formula is C21H19F2N3O. The van der Waals surface area contributed by atoms with Crippen LogP contribution in [0.25, 0.3) is 21.9 Å². The van der Waals surface area contributed by atoms with Crippen LogP contribution in [0.5, 0.6) is 0 Å². The molecule has 2 aromatic heterocycles. The average molecular weight is 367 g/mol. The van der Waals surface area contributed by atoms with Crippen LogP contribution >= 0.6 is 0 Å². The van der Waals surface area contributed by atoms with Crippen molar-refractivity contribution in [1.82, 2.24) is 14.5 Å². The molecule has 138 valence electrons. The summed E-state index contributed by atoms with van der Waals surface area (Å²) in [4.78, 5) is 19.2. The molecule has 2 heterocycles. The van der Waals surface area contributed by atoms with Gasteiger partial charge < -0.3 is 9.55 Å². The van der Waals surface area contributed by atoms with Gasteiger partial charge >= 0.3 is 0 Å². The van der Waals surface area contributed by atoms with Gasteiger partial charge in [0.1, 0.15) is 5.82 Å². The van der Waals surface area contributed by atoms with Crippen LogP contribution in [-0.2, 0) is 12.0 Å². The SMILES string of the molecule is CC(C)(C)c1nc2ccccc2n1Cc1cc(=O)[nH]c2c(F)c(F)ccc12. The Morgan fingerprint density at radius 1 is 1.11 bits per heavy atom. The third kappa shape index (κ3) is 2.91. The summed E-state index contributed by atoms with van der Waals surface area (Å²) in [6.45, 7) is 6.53. The van der Waals surface area contributed by atoms with Crippen LogP contribution < -0.4 is 5.56 Å². The zero-order valence-electron chi connectivity index (χ0n) is 15.3. The molecule has 0 aliphatic heterocycles. The third-order valence-electron chi connectivity index (χ3n) is 4.65. The molecule has 4 nitrogen and oxygen atoms in total. The van der Waals surface area contributed by atoms with E-state index in [9.17, 15) is 13.6 Å². The number of aromatic nitrogens is 3. The number of nitrogens with one attached hydrogen (secondary N) is 1. The van der Waals surface area contributed by atoms with Gasteiger partial charge in [0, 0.05) is 16.9 Å². The molecular weight excluding hydrogens is 348 g/mol. The first kappa shape index (κ1) is 17.4. The number of imidazole rings is 1. The van der Waals surface area contributed by atoms with E-state index in [0.717, 1.165) is 22.9 Å². The Balaban J connectivity index is 1.98. The largest absolute Gasteiger partial charge is 0.323 e. The van der Waals surface area contributed by atoms with Gasteiger partial charge in [0.25, 0.3) is 0 Å². The molecule has 0 saturated heterocycles. The molecule has 2 aromatic carbocycles. The van der Waals surface area contributed by atoms with Gasteiger partial charge in [-0.25, -0.2) is 13.8 Å². The number of benzene rings is 2. The zero-order chi connectivity index (χ0) is 19.3. The molecule has 6 heteroatoms. The third-order valence-corrected chi connectivity index (χ3v) is 4.65. The maximum atomic E-state index is 14.2. The quantitative estimate of drug-likeness (QED) is 0.567. The maximum Gasteiger partial charge on any atom is 0.248 e. The molecule has 0 unspecified atom stereocenters. The second kappa shape index (κ2) is 6.01. The molecule has 0 fully saturated rings. The van der Waals surface area contributed by atoms with Gasteiger partial charge in [-0.05, 0) is 29.8 Å². The molecule has 4 aromatic rings. The van der Waals surface area contributed by atoms with Gasteiger partial charge in [-0.2, -0.15) is 0 Å². The van der Waals surface area contributed by atoms with Crippen molar-refractivity contribution in [2.24, 2.45) is 0 Å². The summed E-state index contributed by atoms with van der Waals surface area (Å²) in [5.41, 5.74) is 1.59. The van der Waals surface area contributed by atoms with E-state index in [0.29, 0.717) is 17.5 Å². The van der Waals surface area contributed by atoms with Crippen LogP contribution in [0, 0.1) is 11.6 Å². The fraction of sp³-hybridized carbons (Fsp3) is 0.238. The highest BCUT2D eigenvalue weighted by Gasteiger charge is 2.23. The first-order valence-corrected chi connectivity index (χ1v) is 8.71. The lowest BCUT2D eigenvalue weighted by Gasteiger charge is -2.20. The molecule has 0 saturated carbocycles. The van der Waals surface area contributed by atoms with Gasteiger partial charge in [0.05, 0.1) is 23.1 Å². The number of para-hydroxylation sites is 2. The summed E-state index contributed by atoms with van der Waals surface area (Å²) >= 11 is 0. The first-order chi connectivity index (χ1) is 12.8. The lowest BCUT2D eigenvalue weighted by atomic mass is 9.95. The number of rotatable bonds is 2. The molecule has 1 N–H and O–H groups in total. The van der Waals surface area contributed by atoms with Crippen LogP contribution in [0.2, 0.25) is 0 Å². The Hall–Kier alpha value is -3.02. The smallest absolute Gasteiger partial charge is 0.248 e. The van der Waals surface area contributed by atoms with Crippen LogP contribution in [0.4, 0.5) is 8.78 Å². The summed E-state index contributed by atoms with van der Waals surface area (Å²) in [7, 11) is 0. The minimum absolute atomic E-state index is 0.112. The highest BCUT2D eigenvalue weighted by atomic mass is 19.2. The van der Waals surface area contributed by atoms with Crippen molar-refractivity contribution in [3.05, 3.63) is 75.8 Å². The number of nitrogens with zero attached hydrogens (tertiary/aromatic N) is 2. The molecule has 0 amide bonds. The Morgan fingerprint density at radius 2 is 1.85 bits per heavy atom. The van der Waals surface area contributed by atoms with Crippen molar-refractivity contribution in [1.29, 1.82) is 0 Å². The Morgan fingerprint density at radius 3 is 2.59 bits per heavy atom. The number of aromatic amines is 1. The minimum atomic E-state index is -1.04. The molecule has 0 radical (unpaired) electrons. The van der Waals surface area contributed by atoms with Crippen molar-refractivity contribution in [2.75, 3.05) is 0 Å². The lowest BCUT2D eigenvalue weighted by Crippen LogP contribution is -2.20. The van der Waals surface area contributed by atoms with E-state index in [4.69, 9.17) is 4.98 Å². The average Bonchev–Trinajstić information content (AvgIpc) is 2.98. The van der Waals surface area contributed by atoms with E-state index in [2.05, 4.69) is 25.8 Å². The van der Waals surface area contributed by atoms with Crippen LogP contribution in [0.1, 0.15) is 32.2 Å². The minimum Gasteiger partial charge on any atom is -0.323 e. The summed E-state index contributed by atoms with van der Waals surface area (Å²) in [5, 5.41) is 0.478. The van der Waals surface area contributed by atoms with E-state index < -0.39 is 17.2 Å². The van der Waals surface area contributed by atoms with E-state index >= 15 is 0 Å². The second-order valence-electron chi connectivity index (χ2n) is 7.70. The number of halogens is 2. The fourth-order valence-electron chi connectivity index (χ4n) is 3.45. The standard InChI is InChI=1S/C21H19F2N3O/c1-21(2,3)20-24-15-6-4-5-7-16(15)26(20)11-12-10-17(27)25-19-13(12)8-9-14(22)18(19)23/h4-10H,11H2,1-3H3,(H,25,27). The normalized spacial score (nSPS) is 12.2. The summed E-state index contributed by atoms with van der Waals surface area (Å²) in [6, 6.07) is 11.8. The van der Waals surface area contributed by atoms with Crippen molar-refractivity contribution >= 4 is 21.9 Å². The topological polar surface area (TPSA) is 50.7 Å². The number of pyridine rings is 1. The second-order valence-corrected chi connectivity index (χ2v) is 7.70. The predicted octanol–water partition coefficient (Wildman–Crippen LogP) is 4.50. The van der Waals surface area contributed by atoms with Crippen molar-refractivity contribution in [3.63, 3.8) is 0 Å². The zero-order valence-corrected chi connectivity index (χ0v) is 15.3. The number of H-pyrrole nitrogens is 1. The van der Waals surface area contributed by atoms with Gasteiger partial charge in [-0.3, -0.25) is 4.79 Å². The van der Waals surface area contributed by atoms with Crippen LogP contribution in [0.3, 0.4) is 0 Å². The number of hydrogen-bond acceptors (Lipinski definition) is 2. The van der Waals surface area contributed by atoms with E-state index in [1.165, 1.54) is 12.1 Å². The van der Waals surface area contributed by atoms with Gasteiger partial charge in [0.15, 0.2) is 11.6 Å². The maximum absolute atomic E-state index is 14.2. The Labute approximate surface area is 154 Å². The molecule has 0 spiro atoms. The summed E-state index contributed by atoms with van der Waals surface area (Å²) < 4.78 is 29.8. The van der Waals surface area contributed by atoms with E-state index in [1.807, 2.05) is 28.8 Å². The van der Waals surface area contributed by atoms with Crippen molar-refractivity contribution in [3.8, 4) is 0 Å². The van der Waals surface area contributed by atoms with Gasteiger partial charge in [0.2, 0.25) is 5.56 Å². The van der Waals surface area contributed by atoms with Gasteiger partial charge in [-0.1, -0.05) is 32.9 Å². The molecule has 0 aliphatic carbocycles. The monoisotopic (exact) mass is 367 g/mol. The first-order valence-electron chi connectivity index (χ1n) is 8.71. The Kier molecular flexibility index (Phi) is 3.87. The van der Waals surface area contributed by atoms with E-state index in [-0.39, 0.29) is 10.9 Å². The van der Waals surface area contributed by atoms with E-state index in [1.54, 1.807) is 0 Å².